The summed E-state index contributed by atoms with van der Waals surface area (Å²) in [5, 5.41) is 8.54. The van der Waals surface area contributed by atoms with E-state index < -0.39 is 45.6 Å². The van der Waals surface area contributed by atoms with Crippen molar-refractivity contribution in [2.45, 2.75) is 17.7 Å². The standard InChI is InChI=1S/C21H16ClF5N4O4S/c1-28-36(2,33)13-5-3-4-11(8-13)29-18(32)14-10-17(21(25,26)27)30-31-19(14)35-16-7-6-12(9-15(16)22)34-20(23)24/h3-10,20H,1-2H3,(H,29,32). The molecule has 0 bridgehead atoms. The van der Waals surface area contributed by atoms with E-state index in [2.05, 4.69) is 24.6 Å². The molecule has 192 valence electrons. The number of hydrogen-bond donors (Lipinski definition) is 1. The number of carbonyl (C=O) groups is 1. The fourth-order valence-corrected chi connectivity index (χ4v) is 3.81. The maximum absolute atomic E-state index is 13.2. The van der Waals surface area contributed by atoms with Gasteiger partial charge in [0.05, 0.1) is 14.8 Å². The molecular formula is C21H16ClF5N4O4S. The van der Waals surface area contributed by atoms with Crippen molar-refractivity contribution in [2.24, 2.45) is 4.36 Å². The minimum absolute atomic E-state index is 0.110. The van der Waals surface area contributed by atoms with Gasteiger partial charge in [0, 0.05) is 30.0 Å². The zero-order chi connectivity index (χ0) is 26.7. The van der Waals surface area contributed by atoms with Crippen molar-refractivity contribution in [3.8, 4) is 17.4 Å². The number of halogens is 6. The van der Waals surface area contributed by atoms with E-state index in [9.17, 15) is 31.0 Å². The van der Waals surface area contributed by atoms with Gasteiger partial charge in [0.2, 0.25) is 0 Å². The van der Waals surface area contributed by atoms with Crippen molar-refractivity contribution >= 4 is 32.9 Å². The monoisotopic (exact) mass is 550 g/mol. The van der Waals surface area contributed by atoms with Gasteiger partial charge in [-0.15, -0.1) is 10.2 Å². The third-order valence-corrected chi connectivity index (χ3v) is 6.63. The number of hydrogen-bond acceptors (Lipinski definition) is 7. The molecule has 3 aromatic rings. The maximum atomic E-state index is 13.2. The molecule has 0 aliphatic heterocycles. The minimum Gasteiger partial charge on any atom is -0.435 e. The summed E-state index contributed by atoms with van der Waals surface area (Å²) in [6.45, 7) is -3.12. The molecule has 1 N–H and O–H groups in total. The molecule has 1 unspecified atom stereocenters. The normalized spacial score (nSPS) is 13.1. The molecule has 1 aromatic heterocycles. The fraction of sp³-hybridized carbons (Fsp3) is 0.190. The lowest BCUT2D eigenvalue weighted by atomic mass is 10.2. The topological polar surface area (TPSA) is 103 Å². The second-order valence-electron chi connectivity index (χ2n) is 6.99. The summed E-state index contributed by atoms with van der Waals surface area (Å²) in [6.07, 6.45) is -3.55. The van der Waals surface area contributed by atoms with Gasteiger partial charge in [-0.25, -0.2) is 8.57 Å². The Kier molecular flexibility index (Phi) is 7.99. The van der Waals surface area contributed by atoms with Crippen LogP contribution in [-0.2, 0) is 15.9 Å². The number of anilines is 1. The highest BCUT2D eigenvalue weighted by Gasteiger charge is 2.35. The van der Waals surface area contributed by atoms with E-state index in [1.54, 1.807) is 0 Å². The fourth-order valence-electron chi connectivity index (χ4n) is 2.72. The first kappa shape index (κ1) is 27.1. The van der Waals surface area contributed by atoms with Crippen LogP contribution in [-0.4, -0.2) is 40.2 Å². The molecule has 3 rings (SSSR count). The highest BCUT2D eigenvalue weighted by Crippen LogP contribution is 2.35. The number of amides is 1. The predicted octanol–water partition coefficient (Wildman–Crippen LogP) is 5.88. The van der Waals surface area contributed by atoms with Crippen molar-refractivity contribution in [2.75, 3.05) is 18.6 Å². The Morgan fingerprint density at radius 1 is 1.14 bits per heavy atom. The van der Waals surface area contributed by atoms with Crippen molar-refractivity contribution in [1.82, 2.24) is 10.2 Å². The van der Waals surface area contributed by atoms with Crippen LogP contribution in [0.5, 0.6) is 17.4 Å². The SMILES string of the molecule is CN=S(C)(=O)c1cccc(NC(=O)c2cc(C(F)(F)F)nnc2Oc2ccc(OC(F)F)cc2Cl)c1. The van der Waals surface area contributed by atoms with Gasteiger partial charge in [0.25, 0.3) is 11.8 Å². The molecule has 1 amide bonds. The molecule has 15 heteroatoms. The molecule has 0 saturated carbocycles. The van der Waals surface area contributed by atoms with Gasteiger partial charge in [-0.05, 0) is 36.4 Å². The average Bonchev–Trinajstić information content (AvgIpc) is 2.80. The highest BCUT2D eigenvalue weighted by atomic mass is 35.5. The van der Waals surface area contributed by atoms with E-state index in [-0.39, 0.29) is 27.1 Å². The van der Waals surface area contributed by atoms with Crippen LogP contribution in [0.25, 0.3) is 0 Å². The number of ether oxygens (including phenoxy) is 2. The molecule has 0 aliphatic rings. The summed E-state index contributed by atoms with van der Waals surface area (Å²) < 4.78 is 90.4. The van der Waals surface area contributed by atoms with Gasteiger partial charge in [-0.3, -0.25) is 4.79 Å². The lowest BCUT2D eigenvalue weighted by molar-refractivity contribution is -0.141. The molecule has 0 fully saturated rings. The summed E-state index contributed by atoms with van der Waals surface area (Å²) >= 11 is 5.99. The van der Waals surface area contributed by atoms with E-state index in [1.807, 2.05) is 0 Å². The van der Waals surface area contributed by atoms with Crippen LogP contribution < -0.4 is 14.8 Å². The molecule has 0 aliphatic carbocycles. The molecule has 1 heterocycles. The highest BCUT2D eigenvalue weighted by molar-refractivity contribution is 7.93. The summed E-state index contributed by atoms with van der Waals surface area (Å²) in [7, 11) is -1.40. The molecule has 36 heavy (non-hydrogen) atoms. The third-order valence-electron chi connectivity index (χ3n) is 4.51. The first-order valence-electron chi connectivity index (χ1n) is 9.69. The molecule has 0 saturated heterocycles. The van der Waals surface area contributed by atoms with Gasteiger partial charge in [-0.1, -0.05) is 17.7 Å². The summed E-state index contributed by atoms with van der Waals surface area (Å²) in [5.74, 6) is -2.24. The van der Waals surface area contributed by atoms with E-state index >= 15 is 0 Å². The lowest BCUT2D eigenvalue weighted by Crippen LogP contribution is -2.18. The van der Waals surface area contributed by atoms with Crippen molar-refractivity contribution < 1.29 is 40.4 Å². The molecule has 1 atom stereocenters. The van der Waals surface area contributed by atoms with Crippen LogP contribution in [0.1, 0.15) is 16.1 Å². The number of carbonyl (C=O) groups excluding carboxylic acids is 1. The Balaban J connectivity index is 1.98. The van der Waals surface area contributed by atoms with Gasteiger partial charge in [0.15, 0.2) is 5.69 Å². The number of alkyl halides is 5. The van der Waals surface area contributed by atoms with E-state index in [1.165, 1.54) is 37.6 Å². The predicted molar refractivity (Wildman–Crippen MR) is 120 cm³/mol. The lowest BCUT2D eigenvalue weighted by Gasteiger charge is -2.14. The zero-order valence-electron chi connectivity index (χ0n) is 18.3. The Morgan fingerprint density at radius 2 is 1.86 bits per heavy atom. The number of aromatic nitrogens is 2. The van der Waals surface area contributed by atoms with Crippen molar-refractivity contribution in [3.05, 3.63) is 64.8 Å². The van der Waals surface area contributed by atoms with Crippen LogP contribution in [0.3, 0.4) is 0 Å². The number of nitrogens with one attached hydrogen (secondary N) is 1. The van der Waals surface area contributed by atoms with Crippen LogP contribution in [0.4, 0.5) is 27.6 Å². The number of rotatable bonds is 7. The zero-order valence-corrected chi connectivity index (χ0v) is 19.9. The Labute approximate surface area is 206 Å². The summed E-state index contributed by atoms with van der Waals surface area (Å²) in [6, 6.07) is 9.33. The van der Waals surface area contributed by atoms with E-state index in [0.717, 1.165) is 18.2 Å². The quantitative estimate of drug-likeness (QED) is 0.368. The van der Waals surface area contributed by atoms with E-state index in [4.69, 9.17) is 16.3 Å². The van der Waals surface area contributed by atoms with Gasteiger partial charge < -0.3 is 14.8 Å². The molecule has 8 nitrogen and oxygen atoms in total. The van der Waals surface area contributed by atoms with Crippen LogP contribution in [0.2, 0.25) is 5.02 Å². The van der Waals surface area contributed by atoms with Crippen LogP contribution >= 0.6 is 11.6 Å². The Morgan fingerprint density at radius 3 is 2.47 bits per heavy atom. The molecular weight excluding hydrogens is 535 g/mol. The first-order chi connectivity index (χ1) is 16.8. The largest absolute Gasteiger partial charge is 0.435 e. The van der Waals surface area contributed by atoms with Crippen LogP contribution in [0, 0.1) is 0 Å². The third kappa shape index (κ3) is 6.57. The Hall–Kier alpha value is -3.52. The van der Waals surface area contributed by atoms with Crippen LogP contribution in [0.15, 0.2) is 57.8 Å². The molecule has 0 radical (unpaired) electrons. The summed E-state index contributed by atoms with van der Waals surface area (Å²) in [5.41, 5.74) is -2.02. The Bertz CT molecular complexity index is 1410. The number of nitrogens with zero attached hydrogens (tertiary/aromatic N) is 3. The van der Waals surface area contributed by atoms with E-state index in [0.29, 0.717) is 6.07 Å². The van der Waals surface area contributed by atoms with Gasteiger partial charge in [0.1, 0.15) is 17.1 Å². The maximum Gasteiger partial charge on any atom is 0.435 e. The minimum atomic E-state index is -4.93. The van der Waals surface area contributed by atoms with Crippen molar-refractivity contribution in [3.63, 3.8) is 0 Å². The van der Waals surface area contributed by atoms with Crippen molar-refractivity contribution in [1.29, 1.82) is 0 Å². The van der Waals surface area contributed by atoms with Gasteiger partial charge >= 0.3 is 12.8 Å². The molecule has 0 spiro atoms. The smallest absolute Gasteiger partial charge is 0.435 e. The second kappa shape index (κ2) is 10.6. The molecule has 2 aromatic carbocycles. The van der Waals surface area contributed by atoms with Gasteiger partial charge in [-0.2, -0.15) is 22.0 Å². The number of benzene rings is 2. The summed E-state index contributed by atoms with van der Waals surface area (Å²) in [4.78, 5) is 13.2. The average molecular weight is 551 g/mol. The second-order valence-corrected chi connectivity index (χ2v) is 9.83. The first-order valence-corrected chi connectivity index (χ1v) is 12.0.